The van der Waals surface area contributed by atoms with E-state index in [9.17, 15) is 0 Å². The molecule has 1 aromatic rings. The maximum atomic E-state index is 5.89. The van der Waals surface area contributed by atoms with E-state index in [0.717, 1.165) is 25.6 Å². The number of fused-ring (bicyclic) bond motifs is 1. The van der Waals surface area contributed by atoms with Crippen molar-refractivity contribution < 1.29 is 4.74 Å². The van der Waals surface area contributed by atoms with E-state index in [0.29, 0.717) is 18.2 Å². The van der Waals surface area contributed by atoms with E-state index < -0.39 is 0 Å². The lowest BCUT2D eigenvalue weighted by molar-refractivity contribution is 0.0504. The SMILES string of the molecule is c1csc(N2CCC(N[C@@H]3CCC[C@@H]4OCC[C@H]43)CC2)n1. The molecule has 0 unspecified atom stereocenters. The summed E-state index contributed by atoms with van der Waals surface area (Å²) in [7, 11) is 0. The van der Waals surface area contributed by atoms with Gasteiger partial charge in [-0.1, -0.05) is 0 Å². The van der Waals surface area contributed by atoms with Crippen molar-refractivity contribution in [3.05, 3.63) is 11.6 Å². The van der Waals surface area contributed by atoms with E-state index in [1.165, 1.54) is 43.7 Å². The lowest BCUT2D eigenvalue weighted by atomic mass is 9.81. The highest BCUT2D eigenvalue weighted by Crippen LogP contribution is 2.35. The number of rotatable bonds is 3. The molecule has 3 atom stereocenters. The Morgan fingerprint density at radius 1 is 1.19 bits per heavy atom. The summed E-state index contributed by atoms with van der Waals surface area (Å²) in [4.78, 5) is 6.87. The van der Waals surface area contributed by atoms with E-state index in [1.54, 1.807) is 11.3 Å². The summed E-state index contributed by atoms with van der Waals surface area (Å²) in [5.74, 6) is 0.774. The van der Waals surface area contributed by atoms with Gasteiger partial charge in [0.1, 0.15) is 0 Å². The van der Waals surface area contributed by atoms with Gasteiger partial charge in [-0.05, 0) is 38.5 Å². The topological polar surface area (TPSA) is 37.4 Å². The zero-order valence-electron chi connectivity index (χ0n) is 12.5. The second kappa shape index (κ2) is 6.23. The molecule has 2 aliphatic heterocycles. The van der Waals surface area contributed by atoms with Crippen LogP contribution >= 0.6 is 11.3 Å². The minimum atomic E-state index is 0.548. The third-order valence-corrected chi connectivity index (χ3v) is 6.25. The van der Waals surface area contributed by atoms with E-state index in [1.807, 2.05) is 6.20 Å². The number of nitrogens with one attached hydrogen (secondary N) is 1. The molecule has 1 aliphatic carbocycles. The predicted octanol–water partition coefficient (Wildman–Crippen LogP) is 2.66. The van der Waals surface area contributed by atoms with Crippen LogP contribution in [0, 0.1) is 5.92 Å². The number of hydrogen-bond acceptors (Lipinski definition) is 5. The Bertz CT molecular complexity index is 444. The van der Waals surface area contributed by atoms with Gasteiger partial charge in [-0.3, -0.25) is 0 Å². The van der Waals surface area contributed by atoms with Crippen molar-refractivity contribution in [3.8, 4) is 0 Å². The molecular formula is C16H25N3OS. The number of piperidine rings is 1. The molecule has 3 heterocycles. The van der Waals surface area contributed by atoms with Crippen molar-refractivity contribution in [3.63, 3.8) is 0 Å². The van der Waals surface area contributed by atoms with Gasteiger partial charge in [-0.25, -0.2) is 4.98 Å². The first-order chi connectivity index (χ1) is 10.4. The molecule has 1 saturated carbocycles. The molecule has 1 aromatic heterocycles. The molecule has 2 saturated heterocycles. The molecule has 0 radical (unpaired) electrons. The molecule has 21 heavy (non-hydrogen) atoms. The Morgan fingerprint density at radius 3 is 2.90 bits per heavy atom. The average Bonchev–Trinajstić information content (AvgIpc) is 3.20. The van der Waals surface area contributed by atoms with E-state index in [2.05, 4.69) is 20.6 Å². The summed E-state index contributed by atoms with van der Waals surface area (Å²) in [6.07, 6.45) is 10.2. The van der Waals surface area contributed by atoms with Crippen LogP contribution in [0.3, 0.4) is 0 Å². The molecule has 3 aliphatic rings. The monoisotopic (exact) mass is 307 g/mol. The van der Waals surface area contributed by atoms with Crippen LogP contribution in [-0.4, -0.2) is 42.9 Å². The number of aromatic nitrogens is 1. The second-order valence-corrected chi connectivity index (χ2v) is 7.51. The molecule has 4 rings (SSSR count). The maximum absolute atomic E-state index is 5.89. The van der Waals surface area contributed by atoms with Gasteiger partial charge in [0.2, 0.25) is 0 Å². The largest absolute Gasteiger partial charge is 0.378 e. The molecule has 5 heteroatoms. The van der Waals surface area contributed by atoms with Crippen molar-refractivity contribution in [2.45, 2.75) is 56.7 Å². The van der Waals surface area contributed by atoms with Gasteiger partial charge in [-0.2, -0.15) is 0 Å². The predicted molar refractivity (Wildman–Crippen MR) is 86.0 cm³/mol. The Hall–Kier alpha value is -0.650. The summed E-state index contributed by atoms with van der Waals surface area (Å²) >= 11 is 1.76. The fourth-order valence-corrected chi connectivity index (χ4v) is 4.99. The Labute approximate surface area is 130 Å². The van der Waals surface area contributed by atoms with E-state index in [-0.39, 0.29) is 0 Å². The van der Waals surface area contributed by atoms with Crippen molar-refractivity contribution in [2.75, 3.05) is 24.6 Å². The molecule has 116 valence electrons. The van der Waals surface area contributed by atoms with Crippen molar-refractivity contribution in [1.82, 2.24) is 10.3 Å². The number of nitrogens with zero attached hydrogens (tertiary/aromatic N) is 2. The summed E-state index contributed by atoms with van der Waals surface area (Å²) in [5, 5.41) is 7.23. The molecule has 0 spiro atoms. The first-order valence-electron chi connectivity index (χ1n) is 8.42. The highest BCUT2D eigenvalue weighted by molar-refractivity contribution is 7.13. The second-order valence-electron chi connectivity index (χ2n) is 6.64. The van der Waals surface area contributed by atoms with Crippen molar-refractivity contribution >= 4 is 16.5 Å². The number of hydrogen-bond donors (Lipinski definition) is 1. The fraction of sp³-hybridized carbons (Fsp3) is 0.812. The van der Waals surface area contributed by atoms with Crippen LogP contribution in [0.1, 0.15) is 38.5 Å². The minimum absolute atomic E-state index is 0.548. The van der Waals surface area contributed by atoms with Crippen LogP contribution < -0.4 is 10.2 Å². The standard InChI is InChI=1S/C16H25N3OS/c1-2-14(13-6-10-20-15(13)3-1)18-12-4-8-19(9-5-12)16-17-7-11-21-16/h7,11-15,18H,1-6,8-10H2/t13-,14+,15-/m0/s1. The Morgan fingerprint density at radius 2 is 2.10 bits per heavy atom. The minimum Gasteiger partial charge on any atom is -0.378 e. The Balaban J connectivity index is 1.30. The average molecular weight is 307 g/mol. The number of ether oxygens (including phenoxy) is 1. The normalized spacial score (nSPS) is 34.1. The van der Waals surface area contributed by atoms with Gasteiger partial charge in [0.15, 0.2) is 5.13 Å². The van der Waals surface area contributed by atoms with Crippen LogP contribution in [-0.2, 0) is 4.74 Å². The van der Waals surface area contributed by atoms with Gasteiger partial charge in [0.25, 0.3) is 0 Å². The molecular weight excluding hydrogens is 282 g/mol. The van der Waals surface area contributed by atoms with Gasteiger partial charge in [0, 0.05) is 49.3 Å². The van der Waals surface area contributed by atoms with Crippen LogP contribution in [0.5, 0.6) is 0 Å². The zero-order valence-corrected chi connectivity index (χ0v) is 13.4. The summed E-state index contributed by atoms with van der Waals surface area (Å²) in [5.41, 5.74) is 0. The summed E-state index contributed by atoms with van der Waals surface area (Å²) < 4.78 is 5.89. The first kappa shape index (κ1) is 14.0. The quantitative estimate of drug-likeness (QED) is 0.931. The van der Waals surface area contributed by atoms with Crippen LogP contribution in [0.4, 0.5) is 5.13 Å². The van der Waals surface area contributed by atoms with Gasteiger partial charge >= 0.3 is 0 Å². The molecule has 0 amide bonds. The lowest BCUT2D eigenvalue weighted by Crippen LogP contribution is -2.51. The van der Waals surface area contributed by atoms with Crippen LogP contribution in [0.25, 0.3) is 0 Å². The molecule has 3 fully saturated rings. The van der Waals surface area contributed by atoms with E-state index in [4.69, 9.17) is 4.74 Å². The Kier molecular flexibility index (Phi) is 4.14. The highest BCUT2D eigenvalue weighted by atomic mass is 32.1. The molecule has 0 bridgehead atoms. The highest BCUT2D eigenvalue weighted by Gasteiger charge is 2.38. The van der Waals surface area contributed by atoms with Crippen molar-refractivity contribution in [2.24, 2.45) is 5.92 Å². The van der Waals surface area contributed by atoms with Gasteiger partial charge in [-0.15, -0.1) is 11.3 Å². The molecule has 1 N–H and O–H groups in total. The fourth-order valence-electron chi connectivity index (χ4n) is 4.29. The van der Waals surface area contributed by atoms with Gasteiger partial charge < -0.3 is 15.0 Å². The lowest BCUT2D eigenvalue weighted by Gasteiger charge is -2.39. The molecule has 4 nitrogen and oxygen atoms in total. The maximum Gasteiger partial charge on any atom is 0.185 e. The number of thiazole rings is 1. The summed E-state index contributed by atoms with van der Waals surface area (Å²) in [6, 6.07) is 1.38. The van der Waals surface area contributed by atoms with Crippen LogP contribution in [0.2, 0.25) is 0 Å². The molecule has 0 aromatic carbocycles. The first-order valence-corrected chi connectivity index (χ1v) is 9.30. The van der Waals surface area contributed by atoms with Crippen molar-refractivity contribution in [1.29, 1.82) is 0 Å². The van der Waals surface area contributed by atoms with E-state index >= 15 is 0 Å². The van der Waals surface area contributed by atoms with Gasteiger partial charge in [0.05, 0.1) is 6.10 Å². The van der Waals surface area contributed by atoms with Crippen LogP contribution in [0.15, 0.2) is 11.6 Å². The smallest absolute Gasteiger partial charge is 0.185 e. The number of anilines is 1. The third-order valence-electron chi connectivity index (χ3n) is 5.42. The summed E-state index contributed by atoms with van der Waals surface area (Å²) in [6.45, 7) is 3.26. The zero-order chi connectivity index (χ0) is 14.1. The third kappa shape index (κ3) is 2.96.